The highest BCUT2D eigenvalue weighted by molar-refractivity contribution is 6.41. The van der Waals surface area contributed by atoms with Gasteiger partial charge in [-0.2, -0.15) is 5.10 Å². The zero-order valence-corrected chi connectivity index (χ0v) is 16.1. The predicted octanol–water partition coefficient (Wildman–Crippen LogP) is 3.38. The van der Waals surface area contributed by atoms with E-state index in [2.05, 4.69) is 32.9 Å². The summed E-state index contributed by atoms with van der Waals surface area (Å²) in [5.74, 6) is 0.703. The Kier molecular flexibility index (Phi) is 5.85. The monoisotopic (exact) mass is 390 g/mol. The minimum Gasteiger partial charge on any atom is -0.352 e. The highest BCUT2D eigenvalue weighted by atomic mass is 35.5. The number of aromatic nitrogens is 3. The summed E-state index contributed by atoms with van der Waals surface area (Å²) in [7, 11) is 3.61. The van der Waals surface area contributed by atoms with Crippen molar-refractivity contribution in [2.45, 2.75) is 13.1 Å². The zero-order valence-electron chi connectivity index (χ0n) is 14.6. The molecular formula is C18H20Cl2N6. The molecule has 2 N–H and O–H groups in total. The van der Waals surface area contributed by atoms with E-state index < -0.39 is 0 Å². The van der Waals surface area contributed by atoms with Crippen molar-refractivity contribution in [3.05, 3.63) is 70.2 Å². The lowest BCUT2D eigenvalue weighted by atomic mass is 10.2. The van der Waals surface area contributed by atoms with E-state index in [4.69, 9.17) is 23.2 Å². The van der Waals surface area contributed by atoms with E-state index >= 15 is 0 Å². The first-order valence-electron chi connectivity index (χ1n) is 8.11. The molecule has 8 heteroatoms. The molecule has 0 unspecified atom stereocenters. The van der Waals surface area contributed by atoms with Gasteiger partial charge < -0.3 is 15.2 Å². The van der Waals surface area contributed by atoms with Crippen LogP contribution < -0.4 is 10.6 Å². The van der Waals surface area contributed by atoms with Gasteiger partial charge >= 0.3 is 0 Å². The summed E-state index contributed by atoms with van der Waals surface area (Å²) in [5.41, 5.74) is 3.15. The maximum Gasteiger partial charge on any atom is 0.191 e. The molecule has 0 aliphatic carbocycles. The number of guanidine groups is 1. The van der Waals surface area contributed by atoms with E-state index in [-0.39, 0.29) is 0 Å². The van der Waals surface area contributed by atoms with Gasteiger partial charge in [0.05, 0.1) is 17.3 Å². The van der Waals surface area contributed by atoms with Gasteiger partial charge in [-0.3, -0.25) is 4.99 Å². The van der Waals surface area contributed by atoms with Crippen molar-refractivity contribution in [1.82, 2.24) is 25.0 Å². The first kappa shape index (κ1) is 18.4. The molecule has 0 aliphatic rings. The number of aliphatic imine (C=N–C) groups is 1. The second-order valence-electron chi connectivity index (χ2n) is 5.73. The van der Waals surface area contributed by atoms with Crippen molar-refractivity contribution in [2.24, 2.45) is 12.0 Å². The van der Waals surface area contributed by atoms with Crippen molar-refractivity contribution in [3.63, 3.8) is 0 Å². The van der Waals surface area contributed by atoms with Crippen molar-refractivity contribution >= 4 is 29.2 Å². The number of halogens is 2. The molecule has 0 fully saturated rings. The molecule has 1 aromatic carbocycles. The number of nitrogens with zero attached hydrogens (tertiary/aromatic N) is 4. The van der Waals surface area contributed by atoms with Crippen LogP contribution in [-0.2, 0) is 20.1 Å². The molecule has 0 amide bonds. The third-order valence-corrected chi connectivity index (χ3v) is 4.88. The predicted molar refractivity (Wildman–Crippen MR) is 106 cm³/mol. The summed E-state index contributed by atoms with van der Waals surface area (Å²) < 4.78 is 3.67. The zero-order chi connectivity index (χ0) is 18.5. The van der Waals surface area contributed by atoms with E-state index in [9.17, 15) is 0 Å². The molecule has 136 valence electrons. The van der Waals surface area contributed by atoms with E-state index in [0.717, 1.165) is 16.9 Å². The summed E-state index contributed by atoms with van der Waals surface area (Å²) in [6, 6.07) is 11.9. The molecule has 2 heterocycles. The Morgan fingerprint density at radius 3 is 2.46 bits per heavy atom. The highest BCUT2D eigenvalue weighted by Gasteiger charge is 2.09. The first-order valence-corrected chi connectivity index (χ1v) is 8.87. The molecule has 3 rings (SSSR count). The third-order valence-electron chi connectivity index (χ3n) is 4.04. The quantitative estimate of drug-likeness (QED) is 0.518. The average Bonchev–Trinajstić information content (AvgIpc) is 3.28. The topological polar surface area (TPSA) is 59.2 Å². The number of nitrogens with one attached hydrogen (secondary N) is 2. The van der Waals surface area contributed by atoms with Gasteiger partial charge in [0, 0.05) is 38.7 Å². The van der Waals surface area contributed by atoms with Crippen LogP contribution in [0.5, 0.6) is 0 Å². The molecule has 0 spiro atoms. The largest absolute Gasteiger partial charge is 0.352 e. The molecule has 2 aromatic heterocycles. The molecule has 0 aliphatic heterocycles. The molecule has 0 saturated carbocycles. The SMILES string of the molecule is CN=C(NCc1ccc(-n2cccn2)cc1)NCc1cc(Cl)c(Cl)n1C. The summed E-state index contributed by atoms with van der Waals surface area (Å²) in [6.45, 7) is 1.23. The maximum absolute atomic E-state index is 6.09. The van der Waals surface area contributed by atoms with Crippen LogP contribution in [0, 0.1) is 0 Å². The smallest absolute Gasteiger partial charge is 0.191 e. The van der Waals surface area contributed by atoms with Crippen molar-refractivity contribution in [2.75, 3.05) is 7.05 Å². The van der Waals surface area contributed by atoms with Crippen LogP contribution in [0.15, 0.2) is 53.8 Å². The van der Waals surface area contributed by atoms with E-state index in [1.54, 1.807) is 13.2 Å². The molecule has 3 aromatic rings. The second-order valence-corrected chi connectivity index (χ2v) is 6.50. The Bertz CT molecular complexity index is 881. The molecule has 6 nitrogen and oxygen atoms in total. The first-order chi connectivity index (χ1) is 12.6. The van der Waals surface area contributed by atoms with E-state index in [1.807, 2.05) is 46.8 Å². The summed E-state index contributed by atoms with van der Waals surface area (Å²) in [5, 5.41) is 11.9. The van der Waals surface area contributed by atoms with Crippen LogP contribution in [0.1, 0.15) is 11.3 Å². The lowest BCUT2D eigenvalue weighted by molar-refractivity contribution is 0.750. The number of hydrogen-bond acceptors (Lipinski definition) is 2. The minimum absolute atomic E-state index is 0.531. The van der Waals surface area contributed by atoms with Crippen molar-refractivity contribution in [1.29, 1.82) is 0 Å². The maximum atomic E-state index is 6.09. The van der Waals surface area contributed by atoms with Gasteiger partial charge in [0.1, 0.15) is 5.15 Å². The molecule has 0 atom stereocenters. The fourth-order valence-corrected chi connectivity index (χ4v) is 2.94. The van der Waals surface area contributed by atoms with Crippen LogP contribution in [0.4, 0.5) is 0 Å². The molecular weight excluding hydrogens is 371 g/mol. The summed E-state index contributed by atoms with van der Waals surface area (Å²) >= 11 is 12.1. The van der Waals surface area contributed by atoms with Crippen LogP contribution >= 0.6 is 23.2 Å². The number of benzene rings is 1. The van der Waals surface area contributed by atoms with Crippen LogP contribution in [0.25, 0.3) is 5.69 Å². The Morgan fingerprint density at radius 1 is 1.15 bits per heavy atom. The third kappa shape index (κ3) is 4.20. The number of rotatable bonds is 5. The number of hydrogen-bond donors (Lipinski definition) is 2. The minimum atomic E-state index is 0.531. The van der Waals surface area contributed by atoms with Gasteiger partial charge in [0.2, 0.25) is 0 Å². The van der Waals surface area contributed by atoms with E-state index in [0.29, 0.717) is 29.2 Å². The summed E-state index contributed by atoms with van der Waals surface area (Å²) in [4.78, 5) is 4.24. The van der Waals surface area contributed by atoms with Gasteiger partial charge in [-0.15, -0.1) is 0 Å². The molecule has 0 radical (unpaired) electrons. The molecule has 26 heavy (non-hydrogen) atoms. The van der Waals surface area contributed by atoms with Gasteiger partial charge in [-0.25, -0.2) is 4.68 Å². The van der Waals surface area contributed by atoms with Crippen LogP contribution in [0.3, 0.4) is 0 Å². The van der Waals surface area contributed by atoms with Crippen molar-refractivity contribution < 1.29 is 0 Å². The Labute approximate surface area is 162 Å². The Balaban J connectivity index is 1.55. The van der Waals surface area contributed by atoms with Crippen molar-refractivity contribution in [3.8, 4) is 5.69 Å². The van der Waals surface area contributed by atoms with Gasteiger partial charge in [-0.05, 0) is 29.8 Å². The Hall–Kier alpha value is -2.44. The van der Waals surface area contributed by atoms with Crippen LogP contribution in [0.2, 0.25) is 10.2 Å². The second kappa shape index (κ2) is 8.29. The van der Waals surface area contributed by atoms with Gasteiger partial charge in [-0.1, -0.05) is 35.3 Å². The lowest BCUT2D eigenvalue weighted by Crippen LogP contribution is -2.36. The average molecular weight is 391 g/mol. The van der Waals surface area contributed by atoms with Crippen LogP contribution in [-0.4, -0.2) is 27.4 Å². The molecule has 0 saturated heterocycles. The fraction of sp³-hybridized carbons (Fsp3) is 0.222. The fourth-order valence-electron chi connectivity index (χ4n) is 2.53. The van der Waals surface area contributed by atoms with Gasteiger partial charge in [0.15, 0.2) is 5.96 Å². The Morgan fingerprint density at radius 2 is 1.88 bits per heavy atom. The standard InChI is InChI=1S/C18H20Cl2N6/c1-21-18(23-12-15-10-16(19)17(20)25(15)2)22-11-13-4-6-14(7-5-13)26-9-3-8-24-26/h3-10H,11-12H2,1-2H3,(H2,21,22,23). The van der Waals surface area contributed by atoms with Gasteiger partial charge in [0.25, 0.3) is 0 Å². The normalized spacial score (nSPS) is 11.6. The summed E-state index contributed by atoms with van der Waals surface area (Å²) in [6.07, 6.45) is 3.68. The van der Waals surface area contributed by atoms with E-state index in [1.165, 1.54) is 0 Å². The lowest BCUT2D eigenvalue weighted by Gasteiger charge is -2.13. The molecule has 0 bridgehead atoms. The highest BCUT2D eigenvalue weighted by Crippen LogP contribution is 2.24.